The van der Waals surface area contributed by atoms with Gasteiger partial charge in [0, 0.05) is 5.92 Å². The second-order valence-electron chi connectivity index (χ2n) is 5.15. The molecule has 1 aliphatic heterocycles. The maximum absolute atomic E-state index is 11.4. The minimum Gasteiger partial charge on any atom is -0.456 e. The number of aliphatic hydroxyl groups is 1. The van der Waals surface area contributed by atoms with E-state index in [1.807, 2.05) is 6.08 Å². The molecule has 0 aromatic carbocycles. The van der Waals surface area contributed by atoms with Crippen molar-refractivity contribution in [2.45, 2.75) is 51.7 Å². The smallest absolute Gasteiger partial charge is 0.336 e. The first-order valence-electron chi connectivity index (χ1n) is 6.29. The predicted molar refractivity (Wildman–Crippen MR) is 65.4 cm³/mol. The highest BCUT2D eigenvalue weighted by molar-refractivity contribution is 5.77. The zero-order valence-electron chi connectivity index (χ0n) is 10.5. The van der Waals surface area contributed by atoms with Crippen molar-refractivity contribution in [2.24, 2.45) is 5.92 Å². The van der Waals surface area contributed by atoms with Gasteiger partial charge in [-0.1, -0.05) is 17.2 Å². The van der Waals surface area contributed by atoms with Gasteiger partial charge < -0.3 is 9.84 Å². The van der Waals surface area contributed by atoms with Crippen molar-refractivity contribution in [1.29, 1.82) is 0 Å². The highest BCUT2D eigenvalue weighted by Crippen LogP contribution is 2.31. The number of aliphatic hydroxyl groups excluding tert-OH is 1. The molecule has 0 bridgehead atoms. The van der Waals surface area contributed by atoms with Crippen LogP contribution in [0.2, 0.25) is 0 Å². The summed E-state index contributed by atoms with van der Waals surface area (Å²) >= 11 is 0. The topological polar surface area (TPSA) is 46.5 Å². The van der Waals surface area contributed by atoms with Gasteiger partial charge in [-0.05, 0) is 45.6 Å². The Morgan fingerprint density at radius 2 is 2.06 bits per heavy atom. The van der Waals surface area contributed by atoms with Crippen molar-refractivity contribution in [3.8, 4) is 0 Å². The molecule has 3 heteroatoms. The van der Waals surface area contributed by atoms with E-state index in [-0.39, 0.29) is 12.0 Å². The lowest BCUT2D eigenvalue weighted by Crippen LogP contribution is -2.24. The third-order valence-electron chi connectivity index (χ3n) is 3.67. The Hall–Kier alpha value is -1.09. The maximum atomic E-state index is 11.4. The molecule has 1 fully saturated rings. The summed E-state index contributed by atoms with van der Waals surface area (Å²) < 4.78 is 5.23. The minimum atomic E-state index is -0.948. The second kappa shape index (κ2) is 5.05. The third kappa shape index (κ3) is 2.78. The summed E-state index contributed by atoms with van der Waals surface area (Å²) in [5.74, 6) is -0.552. The van der Waals surface area contributed by atoms with Crippen LogP contribution in [0.3, 0.4) is 0 Å². The lowest BCUT2D eigenvalue weighted by molar-refractivity contribution is -0.146. The van der Waals surface area contributed by atoms with Gasteiger partial charge in [0.1, 0.15) is 6.10 Å². The molecule has 3 nitrogen and oxygen atoms in total. The summed E-state index contributed by atoms with van der Waals surface area (Å²) in [5.41, 5.74) is 2.57. The number of allylic oxidation sites excluding steroid dienone is 3. The molecule has 0 spiro atoms. The van der Waals surface area contributed by atoms with Crippen LogP contribution in [0.4, 0.5) is 0 Å². The van der Waals surface area contributed by atoms with E-state index < -0.39 is 12.1 Å². The summed E-state index contributed by atoms with van der Waals surface area (Å²) in [6.45, 7) is 4.17. The number of hydrogen-bond acceptors (Lipinski definition) is 3. The molecule has 0 radical (unpaired) electrons. The number of ether oxygens (including phenoxy) is 1. The van der Waals surface area contributed by atoms with Crippen molar-refractivity contribution in [3.63, 3.8) is 0 Å². The van der Waals surface area contributed by atoms with Crippen LogP contribution < -0.4 is 0 Å². The summed E-state index contributed by atoms with van der Waals surface area (Å²) in [6.07, 6.45) is 6.86. The third-order valence-corrected chi connectivity index (χ3v) is 3.67. The summed E-state index contributed by atoms with van der Waals surface area (Å²) in [7, 11) is 0. The molecule has 17 heavy (non-hydrogen) atoms. The molecule has 0 aromatic rings. The Morgan fingerprint density at radius 1 is 1.29 bits per heavy atom. The largest absolute Gasteiger partial charge is 0.456 e. The van der Waals surface area contributed by atoms with E-state index >= 15 is 0 Å². The summed E-state index contributed by atoms with van der Waals surface area (Å²) in [5, 5.41) is 9.82. The molecule has 1 N–H and O–H groups in total. The fourth-order valence-electron chi connectivity index (χ4n) is 2.53. The Morgan fingerprint density at radius 3 is 2.82 bits per heavy atom. The van der Waals surface area contributed by atoms with Crippen LogP contribution in [0.5, 0.6) is 0 Å². The van der Waals surface area contributed by atoms with Crippen LogP contribution in [0.1, 0.15) is 39.5 Å². The van der Waals surface area contributed by atoms with Gasteiger partial charge in [0.05, 0.1) is 0 Å². The van der Waals surface area contributed by atoms with Gasteiger partial charge in [0.2, 0.25) is 0 Å². The van der Waals surface area contributed by atoms with E-state index in [0.717, 1.165) is 25.7 Å². The zero-order chi connectivity index (χ0) is 12.4. The fraction of sp³-hybridized carbons (Fsp3) is 0.643. The van der Waals surface area contributed by atoms with Crippen LogP contribution in [-0.4, -0.2) is 23.3 Å². The fourth-order valence-corrected chi connectivity index (χ4v) is 2.53. The average Bonchev–Trinajstić information content (AvgIpc) is 2.52. The Balaban J connectivity index is 2.21. The number of hydrogen-bond donors (Lipinski definition) is 1. The monoisotopic (exact) mass is 236 g/mol. The van der Waals surface area contributed by atoms with Crippen molar-refractivity contribution >= 4 is 5.97 Å². The molecule has 1 heterocycles. The van der Waals surface area contributed by atoms with E-state index in [1.54, 1.807) is 0 Å². The van der Waals surface area contributed by atoms with Gasteiger partial charge >= 0.3 is 5.97 Å². The molecular weight excluding hydrogens is 216 g/mol. The molecular formula is C14H20O3. The molecule has 0 unspecified atom stereocenters. The van der Waals surface area contributed by atoms with Gasteiger partial charge in [-0.15, -0.1) is 0 Å². The van der Waals surface area contributed by atoms with E-state index in [2.05, 4.69) is 19.9 Å². The zero-order valence-corrected chi connectivity index (χ0v) is 10.5. The number of esters is 1. The summed E-state index contributed by atoms with van der Waals surface area (Å²) in [4.78, 5) is 11.4. The number of rotatable bonds is 0. The standard InChI is InChI=1S/C14H20O3/c1-9-4-3-5-10(2)8-12-11(7-6-9)13(15)14(16)17-12/h4,8,11-13,15H,3,5-7H2,1-2H3/b9-4+,10-8+/t11-,12-,13+/m1/s1. The molecule has 0 aromatic heterocycles. The van der Waals surface area contributed by atoms with Crippen LogP contribution in [-0.2, 0) is 9.53 Å². The summed E-state index contributed by atoms with van der Waals surface area (Å²) in [6, 6.07) is 0. The van der Waals surface area contributed by atoms with Crippen LogP contribution in [0.25, 0.3) is 0 Å². The molecule has 3 atom stereocenters. The van der Waals surface area contributed by atoms with Crippen molar-refractivity contribution in [2.75, 3.05) is 0 Å². The molecule has 0 amide bonds. The van der Waals surface area contributed by atoms with Gasteiger partial charge in [-0.2, -0.15) is 0 Å². The maximum Gasteiger partial charge on any atom is 0.336 e. The molecule has 2 rings (SSSR count). The van der Waals surface area contributed by atoms with E-state index in [9.17, 15) is 9.90 Å². The van der Waals surface area contributed by atoms with Crippen LogP contribution in [0, 0.1) is 5.92 Å². The second-order valence-corrected chi connectivity index (χ2v) is 5.15. The lowest BCUT2D eigenvalue weighted by atomic mass is 9.89. The normalized spacial score (nSPS) is 40.6. The molecule has 94 valence electrons. The quantitative estimate of drug-likeness (QED) is 0.519. The van der Waals surface area contributed by atoms with Gasteiger partial charge in [-0.25, -0.2) is 4.79 Å². The first-order valence-corrected chi connectivity index (χ1v) is 6.29. The number of fused-ring (bicyclic) bond motifs is 1. The Kier molecular flexibility index (Phi) is 3.67. The van der Waals surface area contributed by atoms with Gasteiger partial charge in [0.15, 0.2) is 6.10 Å². The molecule has 0 saturated carbocycles. The predicted octanol–water partition coefficient (Wildman–Crippen LogP) is 2.36. The number of carbonyl (C=O) groups excluding carboxylic acids is 1. The van der Waals surface area contributed by atoms with E-state index in [4.69, 9.17) is 4.74 Å². The van der Waals surface area contributed by atoms with Crippen molar-refractivity contribution < 1.29 is 14.6 Å². The SMILES string of the molecule is C/C1=C\[C@H]2OC(=O)[C@@H](O)[C@@H]2CC/C(C)=C/CC1. The molecule has 1 aliphatic carbocycles. The first kappa shape index (κ1) is 12.4. The molecule has 1 saturated heterocycles. The van der Waals surface area contributed by atoms with Gasteiger partial charge in [0.25, 0.3) is 0 Å². The van der Waals surface area contributed by atoms with Crippen LogP contribution in [0.15, 0.2) is 23.3 Å². The number of carbonyl (C=O) groups is 1. The van der Waals surface area contributed by atoms with Crippen molar-refractivity contribution in [1.82, 2.24) is 0 Å². The van der Waals surface area contributed by atoms with Gasteiger partial charge in [-0.3, -0.25) is 0 Å². The Labute approximate surface area is 102 Å². The Bertz CT molecular complexity index is 368. The lowest BCUT2D eigenvalue weighted by Gasteiger charge is -2.18. The van der Waals surface area contributed by atoms with Crippen molar-refractivity contribution in [3.05, 3.63) is 23.3 Å². The van der Waals surface area contributed by atoms with E-state index in [1.165, 1.54) is 11.1 Å². The highest BCUT2D eigenvalue weighted by atomic mass is 16.6. The minimum absolute atomic E-state index is 0.0844. The van der Waals surface area contributed by atoms with E-state index in [0.29, 0.717) is 0 Å². The van der Waals surface area contributed by atoms with Crippen LogP contribution >= 0.6 is 0 Å². The average molecular weight is 236 g/mol. The highest BCUT2D eigenvalue weighted by Gasteiger charge is 2.42. The molecule has 2 aliphatic rings. The first-order chi connectivity index (χ1) is 8.08.